The Hall–Kier alpha value is -1.46. The summed E-state index contributed by atoms with van der Waals surface area (Å²) >= 11 is 0. The molecular formula is C16H24N2O3. The van der Waals surface area contributed by atoms with E-state index in [4.69, 9.17) is 14.2 Å². The van der Waals surface area contributed by atoms with Gasteiger partial charge in [-0.25, -0.2) is 0 Å². The van der Waals surface area contributed by atoms with Gasteiger partial charge < -0.3 is 24.4 Å². The van der Waals surface area contributed by atoms with Gasteiger partial charge >= 0.3 is 0 Å². The van der Waals surface area contributed by atoms with E-state index in [9.17, 15) is 0 Å². The Balaban J connectivity index is 1.63. The van der Waals surface area contributed by atoms with Crippen molar-refractivity contribution in [3.63, 3.8) is 0 Å². The largest absolute Gasteiger partial charge is 0.493 e. The van der Waals surface area contributed by atoms with Crippen LogP contribution in [-0.2, 0) is 6.54 Å². The van der Waals surface area contributed by atoms with E-state index in [1.807, 2.05) is 12.1 Å². The summed E-state index contributed by atoms with van der Waals surface area (Å²) in [6, 6.07) is 4.63. The number of likely N-dealkylation sites (N-methyl/N-ethyl adjacent to an activating group) is 1. The molecule has 21 heavy (non-hydrogen) atoms. The molecule has 3 rings (SSSR count). The maximum atomic E-state index is 5.47. The Morgan fingerprint density at radius 2 is 2.29 bits per heavy atom. The normalized spacial score (nSPS) is 21.5. The molecule has 1 aromatic rings. The van der Waals surface area contributed by atoms with E-state index >= 15 is 0 Å². The first-order valence-corrected chi connectivity index (χ1v) is 7.72. The van der Waals surface area contributed by atoms with Crippen LogP contribution in [0.3, 0.4) is 0 Å². The smallest absolute Gasteiger partial charge is 0.231 e. The minimum Gasteiger partial charge on any atom is -0.493 e. The highest BCUT2D eigenvalue weighted by Gasteiger charge is 2.21. The van der Waals surface area contributed by atoms with E-state index in [2.05, 4.69) is 17.1 Å². The van der Waals surface area contributed by atoms with Gasteiger partial charge in [0.1, 0.15) is 0 Å². The van der Waals surface area contributed by atoms with Gasteiger partial charge in [-0.2, -0.15) is 0 Å². The molecule has 0 bridgehead atoms. The van der Waals surface area contributed by atoms with Crippen LogP contribution in [-0.4, -0.2) is 44.5 Å². The second-order valence-electron chi connectivity index (χ2n) is 5.65. The third-order valence-electron chi connectivity index (χ3n) is 4.27. The molecule has 1 atom stereocenters. The van der Waals surface area contributed by atoms with Crippen molar-refractivity contribution in [1.29, 1.82) is 0 Å². The van der Waals surface area contributed by atoms with Crippen LogP contribution in [0.1, 0.15) is 25.3 Å². The molecule has 116 valence electrons. The summed E-state index contributed by atoms with van der Waals surface area (Å²) in [5.74, 6) is 2.25. The van der Waals surface area contributed by atoms with E-state index in [1.54, 1.807) is 7.11 Å². The van der Waals surface area contributed by atoms with Gasteiger partial charge in [0.2, 0.25) is 12.5 Å². The van der Waals surface area contributed by atoms with Gasteiger partial charge in [0.25, 0.3) is 0 Å². The minimum atomic E-state index is 0.274. The lowest BCUT2D eigenvalue weighted by Crippen LogP contribution is -2.45. The molecule has 0 aromatic heterocycles. The Labute approximate surface area is 126 Å². The summed E-state index contributed by atoms with van der Waals surface area (Å²) in [5.41, 5.74) is 1.17. The Morgan fingerprint density at radius 3 is 3.10 bits per heavy atom. The third-order valence-corrected chi connectivity index (χ3v) is 4.27. The summed E-state index contributed by atoms with van der Waals surface area (Å²) in [4.78, 5) is 2.50. The summed E-state index contributed by atoms with van der Waals surface area (Å²) in [7, 11) is 1.66. The molecule has 5 heteroatoms. The van der Waals surface area contributed by atoms with Gasteiger partial charge in [0.15, 0.2) is 11.5 Å². The molecule has 1 fully saturated rings. The van der Waals surface area contributed by atoms with Crippen molar-refractivity contribution in [1.82, 2.24) is 10.2 Å². The minimum absolute atomic E-state index is 0.274. The molecule has 0 aliphatic carbocycles. The Kier molecular flexibility index (Phi) is 4.51. The molecule has 0 saturated carbocycles. The second kappa shape index (κ2) is 6.54. The Bertz CT molecular complexity index is 493. The number of fused-ring (bicyclic) bond motifs is 1. The first-order valence-electron chi connectivity index (χ1n) is 7.72. The fourth-order valence-corrected chi connectivity index (χ4v) is 3.06. The van der Waals surface area contributed by atoms with Crippen molar-refractivity contribution in [2.45, 2.75) is 32.4 Å². The zero-order valence-corrected chi connectivity index (χ0v) is 12.9. The topological polar surface area (TPSA) is 43.0 Å². The molecule has 2 heterocycles. The number of hydrogen-bond donors (Lipinski definition) is 1. The van der Waals surface area contributed by atoms with E-state index in [0.717, 1.165) is 36.9 Å². The van der Waals surface area contributed by atoms with Crippen LogP contribution in [0.25, 0.3) is 0 Å². The lowest BCUT2D eigenvalue weighted by Gasteiger charge is -2.32. The first kappa shape index (κ1) is 14.5. The zero-order valence-electron chi connectivity index (χ0n) is 12.9. The van der Waals surface area contributed by atoms with Crippen LogP contribution in [0, 0.1) is 0 Å². The monoisotopic (exact) mass is 292 g/mol. The lowest BCUT2D eigenvalue weighted by molar-refractivity contribution is 0.171. The number of nitrogens with zero attached hydrogens (tertiary/aromatic N) is 1. The van der Waals surface area contributed by atoms with Gasteiger partial charge in [-0.3, -0.25) is 0 Å². The van der Waals surface area contributed by atoms with E-state index in [1.165, 1.54) is 24.9 Å². The highest BCUT2D eigenvalue weighted by atomic mass is 16.7. The van der Waals surface area contributed by atoms with Crippen LogP contribution >= 0.6 is 0 Å². The van der Waals surface area contributed by atoms with Gasteiger partial charge in [-0.05, 0) is 43.6 Å². The fourth-order valence-electron chi connectivity index (χ4n) is 3.06. The van der Waals surface area contributed by atoms with Crippen LogP contribution in [0.4, 0.5) is 0 Å². The molecule has 5 nitrogen and oxygen atoms in total. The van der Waals surface area contributed by atoms with Crippen molar-refractivity contribution >= 4 is 0 Å². The number of hydrogen-bond acceptors (Lipinski definition) is 5. The summed E-state index contributed by atoms with van der Waals surface area (Å²) in [6.07, 6.45) is 2.52. The highest BCUT2D eigenvalue weighted by Crippen LogP contribution is 2.41. The molecule has 0 amide bonds. The number of likely N-dealkylation sites (tertiary alicyclic amines) is 1. The molecule has 1 unspecified atom stereocenters. The zero-order chi connectivity index (χ0) is 14.7. The second-order valence-corrected chi connectivity index (χ2v) is 5.65. The van der Waals surface area contributed by atoms with E-state index < -0.39 is 0 Å². The quantitative estimate of drug-likeness (QED) is 0.899. The molecular weight excluding hydrogens is 268 g/mol. The van der Waals surface area contributed by atoms with Gasteiger partial charge in [0.05, 0.1) is 7.11 Å². The number of rotatable bonds is 5. The maximum absolute atomic E-state index is 5.47. The maximum Gasteiger partial charge on any atom is 0.231 e. The number of piperidine rings is 1. The van der Waals surface area contributed by atoms with Crippen LogP contribution in [0.15, 0.2) is 12.1 Å². The molecule has 1 N–H and O–H groups in total. The van der Waals surface area contributed by atoms with Gasteiger partial charge in [0, 0.05) is 19.1 Å². The summed E-state index contributed by atoms with van der Waals surface area (Å²) in [6.45, 7) is 6.83. The fraction of sp³-hybridized carbons (Fsp3) is 0.625. The number of methoxy groups -OCH3 is 1. The predicted molar refractivity (Wildman–Crippen MR) is 81.1 cm³/mol. The van der Waals surface area contributed by atoms with Crippen molar-refractivity contribution < 1.29 is 14.2 Å². The summed E-state index contributed by atoms with van der Waals surface area (Å²) < 4.78 is 16.3. The van der Waals surface area contributed by atoms with Crippen molar-refractivity contribution in [2.24, 2.45) is 0 Å². The SMILES string of the molecule is CCN1CCCC(NCc2cc(OC)c3c(c2)OCO3)C1. The predicted octanol–water partition coefficient (Wildman–Crippen LogP) is 2.00. The van der Waals surface area contributed by atoms with Gasteiger partial charge in [-0.1, -0.05) is 6.92 Å². The number of nitrogens with one attached hydrogen (secondary N) is 1. The van der Waals surface area contributed by atoms with Crippen LogP contribution in [0.2, 0.25) is 0 Å². The lowest BCUT2D eigenvalue weighted by atomic mass is 10.1. The summed E-state index contributed by atoms with van der Waals surface area (Å²) in [5, 5.41) is 3.65. The van der Waals surface area contributed by atoms with Crippen molar-refractivity contribution in [3.05, 3.63) is 17.7 Å². The molecule has 0 radical (unpaired) electrons. The molecule has 0 spiro atoms. The van der Waals surface area contributed by atoms with Gasteiger partial charge in [-0.15, -0.1) is 0 Å². The molecule has 1 saturated heterocycles. The molecule has 2 aliphatic rings. The van der Waals surface area contributed by atoms with Crippen molar-refractivity contribution in [3.8, 4) is 17.2 Å². The first-order chi connectivity index (χ1) is 10.3. The molecule has 1 aromatic carbocycles. The average molecular weight is 292 g/mol. The van der Waals surface area contributed by atoms with Crippen LogP contribution in [0.5, 0.6) is 17.2 Å². The Morgan fingerprint density at radius 1 is 1.38 bits per heavy atom. The van der Waals surface area contributed by atoms with E-state index in [-0.39, 0.29) is 6.79 Å². The third kappa shape index (κ3) is 3.24. The van der Waals surface area contributed by atoms with E-state index in [0.29, 0.717) is 6.04 Å². The number of benzene rings is 1. The standard InChI is InChI=1S/C16H24N2O3/c1-3-18-6-4-5-13(10-18)17-9-12-7-14(19-2)16-15(8-12)20-11-21-16/h7-8,13,17H,3-6,9-11H2,1-2H3. The average Bonchev–Trinajstić information content (AvgIpc) is 3.00. The van der Waals surface area contributed by atoms with Crippen LogP contribution < -0.4 is 19.5 Å². The number of ether oxygens (including phenoxy) is 3. The van der Waals surface area contributed by atoms with Crippen molar-refractivity contribution in [2.75, 3.05) is 33.5 Å². The molecule has 2 aliphatic heterocycles. The highest BCUT2D eigenvalue weighted by molar-refractivity contribution is 5.55.